The number of methoxy groups -OCH3 is 1. The van der Waals surface area contributed by atoms with E-state index < -0.39 is 5.91 Å². The predicted octanol–water partition coefficient (Wildman–Crippen LogP) is 7.19. The smallest absolute Gasteiger partial charge is 0.266 e. The van der Waals surface area contributed by atoms with E-state index in [2.05, 4.69) is 46.1 Å². The van der Waals surface area contributed by atoms with E-state index in [1.807, 2.05) is 68.4 Å². The van der Waals surface area contributed by atoms with Crippen molar-refractivity contribution in [2.45, 2.75) is 20.5 Å². The summed E-state index contributed by atoms with van der Waals surface area (Å²) < 4.78 is 12.6. The Kier molecular flexibility index (Phi) is 7.91. The molecule has 0 aromatic heterocycles. The van der Waals surface area contributed by atoms with Crippen LogP contribution in [-0.4, -0.2) is 13.0 Å². The molecule has 4 rings (SSSR count). The normalized spacial score (nSPS) is 11.1. The molecule has 0 aliphatic carbocycles. The maximum atomic E-state index is 12.8. The van der Waals surface area contributed by atoms with Crippen LogP contribution in [0.15, 0.2) is 78.4 Å². The van der Waals surface area contributed by atoms with Crippen molar-refractivity contribution in [3.8, 4) is 17.6 Å². The Hall–Kier alpha value is -3.83. The Morgan fingerprint density at radius 2 is 1.81 bits per heavy atom. The van der Waals surface area contributed by atoms with Gasteiger partial charge in [0.1, 0.15) is 18.2 Å². The van der Waals surface area contributed by atoms with Crippen LogP contribution in [0.5, 0.6) is 11.5 Å². The molecule has 1 N–H and O–H groups in total. The number of fused-ring (bicyclic) bond motifs is 1. The number of nitrogens with one attached hydrogen (secondary N) is 1. The lowest BCUT2D eigenvalue weighted by molar-refractivity contribution is -0.112. The molecular formula is C30H25IN2O3. The fourth-order valence-electron chi connectivity index (χ4n) is 3.86. The van der Waals surface area contributed by atoms with Crippen molar-refractivity contribution < 1.29 is 14.3 Å². The Balaban J connectivity index is 1.56. The zero-order chi connectivity index (χ0) is 25.7. The highest BCUT2D eigenvalue weighted by atomic mass is 127. The second-order valence-electron chi connectivity index (χ2n) is 8.38. The van der Waals surface area contributed by atoms with Crippen LogP contribution in [0.25, 0.3) is 16.8 Å². The lowest BCUT2D eigenvalue weighted by Gasteiger charge is -2.15. The van der Waals surface area contributed by atoms with Crippen LogP contribution < -0.4 is 14.8 Å². The fraction of sp³-hybridized carbons (Fsp3) is 0.133. The number of anilines is 1. The van der Waals surface area contributed by atoms with Crippen molar-refractivity contribution in [1.82, 2.24) is 0 Å². The number of ether oxygens (including phenoxy) is 2. The molecule has 0 radical (unpaired) electrons. The van der Waals surface area contributed by atoms with E-state index in [0.29, 0.717) is 29.4 Å². The van der Waals surface area contributed by atoms with Crippen molar-refractivity contribution in [1.29, 1.82) is 5.26 Å². The van der Waals surface area contributed by atoms with Gasteiger partial charge in [0.2, 0.25) is 0 Å². The number of rotatable bonds is 7. The lowest BCUT2D eigenvalue weighted by atomic mass is 10.1. The molecule has 5 nitrogen and oxygen atoms in total. The first-order valence-corrected chi connectivity index (χ1v) is 12.4. The van der Waals surface area contributed by atoms with E-state index in [1.165, 1.54) is 0 Å². The van der Waals surface area contributed by atoms with Crippen molar-refractivity contribution >= 4 is 51.0 Å². The third kappa shape index (κ3) is 5.69. The zero-order valence-electron chi connectivity index (χ0n) is 20.3. The van der Waals surface area contributed by atoms with Crippen LogP contribution in [0, 0.1) is 28.7 Å². The monoisotopic (exact) mass is 588 g/mol. The van der Waals surface area contributed by atoms with E-state index in [-0.39, 0.29) is 5.57 Å². The summed E-state index contributed by atoms with van der Waals surface area (Å²) in [5, 5.41) is 14.7. The minimum atomic E-state index is -0.467. The van der Waals surface area contributed by atoms with E-state index in [4.69, 9.17) is 9.47 Å². The molecule has 0 bridgehead atoms. The molecule has 0 saturated heterocycles. The highest BCUT2D eigenvalue weighted by Gasteiger charge is 2.15. The number of carbonyl (C=O) groups is 1. The van der Waals surface area contributed by atoms with Crippen LogP contribution in [-0.2, 0) is 11.4 Å². The van der Waals surface area contributed by atoms with Gasteiger partial charge < -0.3 is 14.8 Å². The number of hydrogen-bond donors (Lipinski definition) is 1. The van der Waals surface area contributed by atoms with Crippen molar-refractivity contribution in [2.24, 2.45) is 0 Å². The number of aryl methyl sites for hydroxylation is 2. The van der Waals surface area contributed by atoms with Crippen LogP contribution in [0.4, 0.5) is 5.69 Å². The highest BCUT2D eigenvalue weighted by Crippen LogP contribution is 2.35. The summed E-state index contributed by atoms with van der Waals surface area (Å²) in [6.07, 6.45) is 1.55. The Bertz CT molecular complexity index is 1510. The SMILES string of the molecule is COc1cc(/C=C(\C#N)C(=O)Nc2ccc(C)c(C)c2)cc(I)c1OCc1cccc2ccccc12. The predicted molar refractivity (Wildman–Crippen MR) is 152 cm³/mol. The average molecular weight is 588 g/mol. The third-order valence-corrected chi connectivity index (χ3v) is 6.75. The first-order valence-electron chi connectivity index (χ1n) is 11.4. The van der Waals surface area contributed by atoms with E-state index in [0.717, 1.165) is 31.0 Å². The lowest BCUT2D eigenvalue weighted by Crippen LogP contribution is -2.13. The second-order valence-corrected chi connectivity index (χ2v) is 9.55. The molecule has 4 aromatic carbocycles. The molecular weight excluding hydrogens is 563 g/mol. The molecule has 0 fully saturated rings. The van der Waals surface area contributed by atoms with Crippen LogP contribution in [0.1, 0.15) is 22.3 Å². The topological polar surface area (TPSA) is 71.3 Å². The number of amides is 1. The largest absolute Gasteiger partial charge is 0.493 e. The quantitative estimate of drug-likeness (QED) is 0.141. The molecule has 0 aliphatic heterocycles. The van der Waals surface area contributed by atoms with Crippen molar-refractivity contribution in [3.63, 3.8) is 0 Å². The number of halogens is 1. The molecule has 180 valence electrons. The summed E-state index contributed by atoms with van der Waals surface area (Å²) in [5.41, 5.74) is 4.58. The minimum Gasteiger partial charge on any atom is -0.493 e. The van der Waals surface area contributed by atoms with Crippen LogP contribution in [0.3, 0.4) is 0 Å². The zero-order valence-corrected chi connectivity index (χ0v) is 22.4. The number of benzene rings is 4. The molecule has 1 amide bonds. The number of nitrogens with zero attached hydrogens (tertiary/aromatic N) is 1. The van der Waals surface area contributed by atoms with Gasteiger partial charge in [-0.25, -0.2) is 0 Å². The standard InChI is InChI=1S/C30H25IN2O3/c1-19-11-12-25(13-20(19)2)33-30(34)24(17-32)14-21-15-27(31)29(28(16-21)35-3)36-18-23-9-6-8-22-7-4-5-10-26(22)23/h4-16H,18H2,1-3H3,(H,33,34)/b24-14+. The van der Waals surface area contributed by atoms with Gasteiger partial charge in [0.05, 0.1) is 10.7 Å². The summed E-state index contributed by atoms with van der Waals surface area (Å²) in [7, 11) is 1.57. The Morgan fingerprint density at radius 3 is 2.56 bits per heavy atom. The summed E-state index contributed by atoms with van der Waals surface area (Å²) in [4.78, 5) is 12.8. The molecule has 0 unspecified atom stereocenters. The maximum absolute atomic E-state index is 12.8. The summed E-state index contributed by atoms with van der Waals surface area (Å²) in [6, 6.07) is 25.6. The van der Waals surface area contributed by atoms with Crippen LogP contribution >= 0.6 is 22.6 Å². The van der Waals surface area contributed by atoms with E-state index in [9.17, 15) is 10.1 Å². The number of hydrogen-bond acceptors (Lipinski definition) is 4. The minimum absolute atomic E-state index is 0.00416. The van der Waals surface area contributed by atoms with Crippen molar-refractivity contribution in [3.05, 3.63) is 104 Å². The Labute approximate surface area is 224 Å². The van der Waals surface area contributed by atoms with Gasteiger partial charge in [0.15, 0.2) is 11.5 Å². The summed E-state index contributed by atoms with van der Waals surface area (Å²) >= 11 is 2.18. The maximum Gasteiger partial charge on any atom is 0.266 e. The van der Waals surface area contributed by atoms with Gasteiger partial charge in [0, 0.05) is 5.69 Å². The van der Waals surface area contributed by atoms with Gasteiger partial charge in [-0.1, -0.05) is 48.5 Å². The summed E-state index contributed by atoms with van der Waals surface area (Å²) in [6.45, 7) is 4.36. The van der Waals surface area contributed by atoms with Gasteiger partial charge in [-0.05, 0) is 99.8 Å². The Morgan fingerprint density at radius 1 is 1.03 bits per heavy atom. The molecule has 0 saturated carbocycles. The molecule has 4 aromatic rings. The first-order chi connectivity index (χ1) is 17.4. The van der Waals surface area contributed by atoms with Gasteiger partial charge >= 0.3 is 0 Å². The molecule has 0 spiro atoms. The molecule has 0 heterocycles. The fourth-order valence-corrected chi connectivity index (χ4v) is 4.65. The highest BCUT2D eigenvalue weighted by molar-refractivity contribution is 14.1. The van der Waals surface area contributed by atoms with E-state index in [1.54, 1.807) is 19.3 Å². The van der Waals surface area contributed by atoms with Gasteiger partial charge in [0.25, 0.3) is 5.91 Å². The van der Waals surface area contributed by atoms with Gasteiger partial charge in [-0.2, -0.15) is 5.26 Å². The number of carbonyl (C=O) groups excluding carboxylic acids is 1. The molecule has 36 heavy (non-hydrogen) atoms. The first kappa shape index (κ1) is 25.3. The molecule has 0 aliphatic rings. The second kappa shape index (κ2) is 11.3. The molecule has 6 heteroatoms. The van der Waals surface area contributed by atoms with E-state index >= 15 is 0 Å². The number of nitriles is 1. The van der Waals surface area contributed by atoms with Gasteiger partial charge in [-0.15, -0.1) is 0 Å². The van der Waals surface area contributed by atoms with Crippen molar-refractivity contribution in [2.75, 3.05) is 12.4 Å². The molecule has 0 atom stereocenters. The van der Waals surface area contributed by atoms with Crippen LogP contribution in [0.2, 0.25) is 0 Å². The average Bonchev–Trinajstić information content (AvgIpc) is 2.88. The third-order valence-electron chi connectivity index (χ3n) is 5.94. The van der Waals surface area contributed by atoms with Gasteiger partial charge in [-0.3, -0.25) is 4.79 Å². The summed E-state index contributed by atoms with van der Waals surface area (Å²) in [5.74, 6) is 0.674.